The largest absolute Gasteiger partial charge is 0.449 e. The van der Waals surface area contributed by atoms with Gasteiger partial charge in [-0.25, -0.2) is 0 Å². The van der Waals surface area contributed by atoms with Crippen LogP contribution in [0.5, 0.6) is 0 Å². The number of halogens is 1. The van der Waals surface area contributed by atoms with E-state index < -0.39 is 5.41 Å². The summed E-state index contributed by atoms with van der Waals surface area (Å²) < 4.78 is 5.16. The maximum absolute atomic E-state index is 9.06. The van der Waals surface area contributed by atoms with E-state index in [1.165, 1.54) is 0 Å². The Bertz CT molecular complexity index is 255. The number of hydrogen-bond donors (Lipinski definition) is 2. The molecule has 1 aromatic heterocycles. The summed E-state index contributed by atoms with van der Waals surface area (Å²) in [6, 6.07) is 3.37. The minimum Gasteiger partial charge on any atom is -0.449 e. The number of aliphatic hydroxyl groups excluding tert-OH is 1. The molecule has 1 atom stereocenters. The van der Waals surface area contributed by atoms with Gasteiger partial charge < -0.3 is 15.3 Å². The van der Waals surface area contributed by atoms with Crippen molar-refractivity contribution in [2.75, 3.05) is 13.2 Å². The number of hydrogen-bond acceptors (Lipinski definition) is 3. The third-order valence-electron chi connectivity index (χ3n) is 1.97. The Morgan fingerprint density at radius 1 is 1.67 bits per heavy atom. The van der Waals surface area contributed by atoms with Gasteiger partial charge in [0, 0.05) is 6.54 Å². The lowest BCUT2D eigenvalue weighted by Crippen LogP contribution is -2.35. The normalized spacial score (nSPS) is 16.0. The molecule has 0 aromatic carbocycles. The van der Waals surface area contributed by atoms with Crippen LogP contribution in [0.2, 0.25) is 5.22 Å². The van der Waals surface area contributed by atoms with E-state index >= 15 is 0 Å². The van der Waals surface area contributed by atoms with Crippen LogP contribution in [0.15, 0.2) is 16.5 Å². The fraction of sp³-hybridized carbons (Fsp3) is 0.500. The van der Waals surface area contributed by atoms with E-state index in [9.17, 15) is 0 Å². The van der Waals surface area contributed by atoms with Gasteiger partial charge in [-0.1, -0.05) is 0 Å². The van der Waals surface area contributed by atoms with E-state index in [4.69, 9.17) is 26.9 Å². The molecule has 0 spiro atoms. The molecule has 0 aliphatic heterocycles. The van der Waals surface area contributed by atoms with Crippen LogP contribution in [0.3, 0.4) is 0 Å². The van der Waals surface area contributed by atoms with Gasteiger partial charge in [0.15, 0.2) is 5.22 Å². The van der Waals surface area contributed by atoms with E-state index in [2.05, 4.69) is 0 Å². The van der Waals surface area contributed by atoms with Gasteiger partial charge in [-0.15, -0.1) is 0 Å². The molecule has 12 heavy (non-hydrogen) atoms. The van der Waals surface area contributed by atoms with Crippen molar-refractivity contribution >= 4 is 11.6 Å². The molecule has 1 heterocycles. The van der Waals surface area contributed by atoms with Crippen molar-refractivity contribution in [3.05, 3.63) is 23.1 Å². The van der Waals surface area contributed by atoms with Crippen molar-refractivity contribution in [2.45, 2.75) is 12.3 Å². The minimum atomic E-state index is -0.521. The molecule has 68 valence electrons. The quantitative estimate of drug-likeness (QED) is 0.750. The molecule has 0 amide bonds. The number of rotatable bonds is 3. The van der Waals surface area contributed by atoms with Gasteiger partial charge in [-0.05, 0) is 30.7 Å². The molecule has 1 rings (SSSR count). The molecule has 4 heteroatoms. The Balaban J connectivity index is 2.94. The highest BCUT2D eigenvalue weighted by atomic mass is 35.5. The topological polar surface area (TPSA) is 59.4 Å². The summed E-state index contributed by atoms with van der Waals surface area (Å²) in [5.74, 6) is 0.623. The molecule has 0 saturated carbocycles. The second-order valence-electron chi connectivity index (χ2n) is 3.03. The fourth-order valence-electron chi connectivity index (χ4n) is 0.882. The fourth-order valence-corrected chi connectivity index (χ4v) is 1.03. The Kier molecular flexibility index (Phi) is 2.77. The first-order chi connectivity index (χ1) is 5.62. The van der Waals surface area contributed by atoms with Gasteiger partial charge in [-0.2, -0.15) is 0 Å². The summed E-state index contributed by atoms with van der Waals surface area (Å²) in [6.07, 6.45) is 0. The maximum atomic E-state index is 9.06. The van der Waals surface area contributed by atoms with Crippen LogP contribution in [0.1, 0.15) is 12.7 Å². The number of aliphatic hydroxyl groups is 1. The van der Waals surface area contributed by atoms with Gasteiger partial charge in [0.25, 0.3) is 0 Å². The van der Waals surface area contributed by atoms with Crippen molar-refractivity contribution in [1.82, 2.24) is 0 Å². The van der Waals surface area contributed by atoms with E-state index in [0.29, 0.717) is 17.5 Å². The zero-order chi connectivity index (χ0) is 9.19. The standard InChI is InChI=1S/C8H12ClNO2/c1-8(4-10,5-11)6-2-3-7(9)12-6/h2-3,11H,4-5,10H2,1H3. The van der Waals surface area contributed by atoms with E-state index in [1.54, 1.807) is 12.1 Å². The predicted molar refractivity (Wildman–Crippen MR) is 47.2 cm³/mol. The summed E-state index contributed by atoms with van der Waals surface area (Å²) in [5, 5.41) is 9.38. The first kappa shape index (κ1) is 9.58. The molecule has 0 saturated heterocycles. The van der Waals surface area contributed by atoms with Crippen molar-refractivity contribution in [2.24, 2.45) is 5.73 Å². The summed E-state index contributed by atoms with van der Waals surface area (Å²) in [5.41, 5.74) is 4.98. The molecule has 1 unspecified atom stereocenters. The highest BCUT2D eigenvalue weighted by Gasteiger charge is 2.27. The lowest BCUT2D eigenvalue weighted by Gasteiger charge is -2.21. The zero-order valence-electron chi connectivity index (χ0n) is 6.88. The smallest absolute Gasteiger partial charge is 0.193 e. The van der Waals surface area contributed by atoms with Gasteiger partial charge in [-0.3, -0.25) is 0 Å². The van der Waals surface area contributed by atoms with Crippen molar-refractivity contribution in [1.29, 1.82) is 0 Å². The highest BCUT2D eigenvalue weighted by Crippen LogP contribution is 2.25. The average Bonchev–Trinajstić information content (AvgIpc) is 2.51. The van der Waals surface area contributed by atoms with Crippen molar-refractivity contribution in [3.8, 4) is 0 Å². The van der Waals surface area contributed by atoms with Crippen molar-refractivity contribution < 1.29 is 9.52 Å². The monoisotopic (exact) mass is 189 g/mol. The van der Waals surface area contributed by atoms with Crippen LogP contribution in [0.4, 0.5) is 0 Å². The van der Waals surface area contributed by atoms with Gasteiger partial charge >= 0.3 is 0 Å². The third kappa shape index (κ3) is 1.63. The van der Waals surface area contributed by atoms with E-state index in [-0.39, 0.29) is 6.61 Å². The second kappa shape index (κ2) is 3.47. The summed E-state index contributed by atoms with van der Waals surface area (Å²) in [6.45, 7) is 2.10. The second-order valence-corrected chi connectivity index (χ2v) is 3.40. The van der Waals surface area contributed by atoms with E-state index in [0.717, 1.165) is 0 Å². The molecular formula is C8H12ClNO2. The minimum absolute atomic E-state index is 0.0483. The van der Waals surface area contributed by atoms with Gasteiger partial charge in [0.2, 0.25) is 0 Å². The summed E-state index contributed by atoms with van der Waals surface area (Å²) in [4.78, 5) is 0. The predicted octanol–water partition coefficient (Wildman–Crippen LogP) is 1.14. The molecule has 0 fully saturated rings. The maximum Gasteiger partial charge on any atom is 0.193 e. The SMILES string of the molecule is CC(CN)(CO)c1ccc(Cl)o1. The van der Waals surface area contributed by atoms with E-state index in [1.807, 2.05) is 6.92 Å². The van der Waals surface area contributed by atoms with Gasteiger partial charge in [0.05, 0.1) is 12.0 Å². The van der Waals surface area contributed by atoms with Gasteiger partial charge in [0.1, 0.15) is 5.76 Å². The van der Waals surface area contributed by atoms with Crippen molar-refractivity contribution in [3.63, 3.8) is 0 Å². The Morgan fingerprint density at radius 3 is 2.67 bits per heavy atom. The molecule has 1 aromatic rings. The summed E-state index contributed by atoms with van der Waals surface area (Å²) in [7, 11) is 0. The molecule has 0 aliphatic rings. The molecule has 0 radical (unpaired) electrons. The zero-order valence-corrected chi connectivity index (χ0v) is 7.64. The molecular weight excluding hydrogens is 178 g/mol. The lowest BCUT2D eigenvalue weighted by molar-refractivity contribution is 0.189. The highest BCUT2D eigenvalue weighted by molar-refractivity contribution is 6.28. The molecule has 3 N–H and O–H groups in total. The lowest BCUT2D eigenvalue weighted by atomic mass is 9.89. The Labute approximate surface area is 76.1 Å². The summed E-state index contributed by atoms with van der Waals surface area (Å²) >= 11 is 5.59. The van der Waals surface area contributed by atoms with Crippen LogP contribution in [-0.2, 0) is 5.41 Å². The van der Waals surface area contributed by atoms with Crippen LogP contribution in [-0.4, -0.2) is 18.3 Å². The Hall–Kier alpha value is -0.510. The molecule has 3 nitrogen and oxygen atoms in total. The van der Waals surface area contributed by atoms with Crippen LogP contribution in [0.25, 0.3) is 0 Å². The first-order valence-electron chi connectivity index (χ1n) is 3.69. The number of furan rings is 1. The average molecular weight is 190 g/mol. The van der Waals surface area contributed by atoms with Crippen LogP contribution < -0.4 is 5.73 Å². The number of nitrogens with two attached hydrogens (primary N) is 1. The first-order valence-corrected chi connectivity index (χ1v) is 4.07. The Morgan fingerprint density at radius 2 is 2.33 bits per heavy atom. The van der Waals surface area contributed by atoms with Crippen LogP contribution >= 0.6 is 11.6 Å². The molecule has 0 bridgehead atoms. The third-order valence-corrected chi connectivity index (χ3v) is 2.17. The molecule has 0 aliphatic carbocycles. The van der Waals surface area contributed by atoms with Crippen LogP contribution in [0, 0.1) is 0 Å².